The highest BCUT2D eigenvalue weighted by Gasteiger charge is 2.34. The molecule has 0 aromatic heterocycles. The average molecular weight is 483 g/mol. The van der Waals surface area contributed by atoms with Crippen LogP contribution in [0.15, 0.2) is 83.8 Å². The smallest absolute Gasteiger partial charge is 0.348 e. The van der Waals surface area contributed by atoms with Gasteiger partial charge in [0.05, 0.1) is 24.2 Å². The number of carbonyl (C=O) groups excluding carboxylic acids is 2. The maximum atomic E-state index is 12.9. The maximum Gasteiger partial charge on any atom is 0.348 e. The molecule has 1 N–H and O–H groups in total. The molecule has 10 heteroatoms. The molecule has 3 aromatic rings. The van der Waals surface area contributed by atoms with Crippen molar-refractivity contribution in [2.24, 2.45) is 0 Å². The molecule has 3 aromatic carbocycles. The molecule has 1 aliphatic rings. The van der Waals surface area contributed by atoms with Crippen molar-refractivity contribution < 1.29 is 32.2 Å². The molecule has 0 radical (unpaired) electrons. The summed E-state index contributed by atoms with van der Waals surface area (Å²) in [5.74, 6) is -0.280. The van der Waals surface area contributed by atoms with Crippen LogP contribution in [0.1, 0.15) is 0 Å². The predicted molar refractivity (Wildman–Crippen MR) is 124 cm³/mol. The Morgan fingerprint density at radius 3 is 2.38 bits per heavy atom. The summed E-state index contributed by atoms with van der Waals surface area (Å²) in [7, 11) is -2.52. The Morgan fingerprint density at radius 2 is 1.68 bits per heavy atom. The van der Waals surface area contributed by atoms with E-state index in [-0.39, 0.29) is 18.0 Å². The van der Waals surface area contributed by atoms with E-state index in [0.717, 1.165) is 0 Å². The number of rotatable bonds is 7. The van der Waals surface area contributed by atoms with Crippen molar-refractivity contribution in [1.29, 1.82) is 0 Å². The van der Waals surface area contributed by atoms with Crippen LogP contribution in [0.25, 0.3) is 0 Å². The summed E-state index contributed by atoms with van der Waals surface area (Å²) in [4.78, 5) is 26.3. The van der Waals surface area contributed by atoms with E-state index in [1.807, 2.05) is 0 Å². The third-order valence-corrected chi connectivity index (χ3v) is 6.46. The lowest BCUT2D eigenvalue weighted by molar-refractivity contribution is -0.148. The van der Waals surface area contributed by atoms with Crippen LogP contribution in [-0.2, 0) is 24.3 Å². The van der Waals surface area contributed by atoms with Crippen molar-refractivity contribution in [3.8, 4) is 11.5 Å². The SMILES string of the molecule is COC(=O)[C@@H]1CN(C(=O)COc2ccc(S(=O)(=O)Nc3ccccc3)cc2)c2ccccc2O1. The van der Waals surface area contributed by atoms with Gasteiger partial charge in [0.25, 0.3) is 15.9 Å². The molecule has 0 saturated heterocycles. The second-order valence-corrected chi connectivity index (χ2v) is 9.02. The van der Waals surface area contributed by atoms with Gasteiger partial charge in [-0.2, -0.15) is 0 Å². The summed E-state index contributed by atoms with van der Waals surface area (Å²) < 4.78 is 43.6. The van der Waals surface area contributed by atoms with Crippen LogP contribution >= 0.6 is 0 Å². The van der Waals surface area contributed by atoms with Gasteiger partial charge in [-0.15, -0.1) is 0 Å². The minimum absolute atomic E-state index is 0.0196. The number of carbonyl (C=O) groups is 2. The lowest BCUT2D eigenvalue weighted by Gasteiger charge is -2.33. The summed E-state index contributed by atoms with van der Waals surface area (Å²) in [5.41, 5.74) is 0.967. The first kappa shape index (κ1) is 23.1. The molecule has 1 atom stereocenters. The first-order valence-corrected chi connectivity index (χ1v) is 11.8. The van der Waals surface area contributed by atoms with Gasteiger partial charge in [0.15, 0.2) is 6.61 Å². The standard InChI is InChI=1S/C24H22N2O7S/c1-31-24(28)22-15-26(20-9-5-6-10-21(20)33-22)23(27)16-32-18-11-13-19(14-12-18)34(29,30)25-17-7-3-2-4-8-17/h2-14,22,25H,15-16H2,1H3/t22-/m0/s1. The van der Waals surface area contributed by atoms with Crippen molar-refractivity contribution in [3.05, 3.63) is 78.9 Å². The van der Waals surface area contributed by atoms with Crippen molar-refractivity contribution in [3.63, 3.8) is 0 Å². The summed E-state index contributed by atoms with van der Waals surface area (Å²) in [5, 5.41) is 0. The van der Waals surface area contributed by atoms with Crippen LogP contribution in [0.2, 0.25) is 0 Å². The van der Waals surface area contributed by atoms with Crippen molar-refractivity contribution in [1.82, 2.24) is 0 Å². The normalized spacial score (nSPS) is 15.0. The van der Waals surface area contributed by atoms with Gasteiger partial charge >= 0.3 is 5.97 Å². The topological polar surface area (TPSA) is 111 Å². The summed E-state index contributed by atoms with van der Waals surface area (Å²) >= 11 is 0. The van der Waals surface area contributed by atoms with Crippen LogP contribution < -0.4 is 19.1 Å². The summed E-state index contributed by atoms with van der Waals surface area (Å²) in [6, 6.07) is 21.1. The number of nitrogens with zero attached hydrogens (tertiary/aromatic N) is 1. The minimum Gasteiger partial charge on any atom is -0.484 e. The molecule has 0 unspecified atom stereocenters. The largest absolute Gasteiger partial charge is 0.484 e. The maximum absolute atomic E-state index is 12.9. The van der Waals surface area contributed by atoms with E-state index in [0.29, 0.717) is 22.9 Å². The third kappa shape index (κ3) is 5.12. The number of anilines is 2. The first-order valence-electron chi connectivity index (χ1n) is 10.3. The number of para-hydroxylation sites is 3. The highest BCUT2D eigenvalue weighted by Crippen LogP contribution is 2.33. The van der Waals surface area contributed by atoms with Gasteiger partial charge in [-0.25, -0.2) is 13.2 Å². The van der Waals surface area contributed by atoms with Crippen LogP contribution in [0.5, 0.6) is 11.5 Å². The molecule has 1 heterocycles. The number of sulfonamides is 1. The van der Waals surface area contributed by atoms with E-state index >= 15 is 0 Å². The molecule has 0 fully saturated rings. The second-order valence-electron chi connectivity index (χ2n) is 7.33. The van der Waals surface area contributed by atoms with E-state index in [1.54, 1.807) is 54.6 Å². The highest BCUT2D eigenvalue weighted by atomic mass is 32.2. The van der Waals surface area contributed by atoms with Crippen molar-refractivity contribution in [2.45, 2.75) is 11.0 Å². The number of methoxy groups -OCH3 is 1. The second kappa shape index (κ2) is 9.84. The molecule has 4 rings (SSSR count). The molecule has 9 nitrogen and oxygen atoms in total. The molecule has 1 amide bonds. The van der Waals surface area contributed by atoms with Gasteiger partial charge in [-0.1, -0.05) is 30.3 Å². The molecule has 0 saturated carbocycles. The van der Waals surface area contributed by atoms with E-state index in [1.165, 1.54) is 36.3 Å². The Labute approximate surface area is 196 Å². The Kier molecular flexibility index (Phi) is 6.69. The number of amides is 1. The number of ether oxygens (including phenoxy) is 3. The number of benzene rings is 3. The Bertz CT molecular complexity index is 1280. The monoisotopic (exact) mass is 482 g/mol. The fraction of sp³-hybridized carbons (Fsp3) is 0.167. The molecule has 0 bridgehead atoms. The third-order valence-electron chi connectivity index (χ3n) is 5.06. The zero-order chi connectivity index (χ0) is 24.1. The summed E-state index contributed by atoms with van der Waals surface area (Å²) in [6.07, 6.45) is -0.953. The predicted octanol–water partition coefficient (Wildman–Crippen LogP) is 2.83. The molecule has 0 aliphatic carbocycles. The van der Waals surface area contributed by atoms with E-state index in [9.17, 15) is 18.0 Å². The number of nitrogens with one attached hydrogen (secondary N) is 1. The van der Waals surface area contributed by atoms with Crippen molar-refractivity contribution in [2.75, 3.05) is 29.9 Å². The molecule has 34 heavy (non-hydrogen) atoms. The number of hydrogen-bond acceptors (Lipinski definition) is 7. The number of hydrogen-bond donors (Lipinski definition) is 1. The van der Waals surface area contributed by atoms with E-state index in [4.69, 9.17) is 14.2 Å². The molecule has 1 aliphatic heterocycles. The Balaban J connectivity index is 1.42. The van der Waals surface area contributed by atoms with E-state index < -0.39 is 28.0 Å². The van der Waals surface area contributed by atoms with Gasteiger partial charge in [-0.3, -0.25) is 9.52 Å². The van der Waals surface area contributed by atoms with Gasteiger partial charge < -0.3 is 19.1 Å². The lowest BCUT2D eigenvalue weighted by Crippen LogP contribution is -2.48. The van der Waals surface area contributed by atoms with Gasteiger partial charge in [-0.05, 0) is 48.5 Å². The van der Waals surface area contributed by atoms with Crippen LogP contribution in [0.4, 0.5) is 11.4 Å². The van der Waals surface area contributed by atoms with Gasteiger partial charge in [0.2, 0.25) is 6.10 Å². The van der Waals surface area contributed by atoms with Gasteiger partial charge in [0, 0.05) is 5.69 Å². The molecule has 176 valence electrons. The molecule has 0 spiro atoms. The van der Waals surface area contributed by atoms with Crippen LogP contribution in [0.3, 0.4) is 0 Å². The lowest BCUT2D eigenvalue weighted by atomic mass is 10.2. The molecular formula is C24H22N2O7S. The Morgan fingerprint density at radius 1 is 1.00 bits per heavy atom. The minimum atomic E-state index is -3.77. The zero-order valence-electron chi connectivity index (χ0n) is 18.2. The fourth-order valence-electron chi connectivity index (χ4n) is 3.38. The summed E-state index contributed by atoms with van der Waals surface area (Å²) in [6.45, 7) is -0.342. The van der Waals surface area contributed by atoms with E-state index in [2.05, 4.69) is 4.72 Å². The van der Waals surface area contributed by atoms with Crippen LogP contribution in [-0.4, -0.2) is 46.7 Å². The number of esters is 1. The van der Waals surface area contributed by atoms with Gasteiger partial charge in [0.1, 0.15) is 11.5 Å². The first-order chi connectivity index (χ1) is 16.4. The van der Waals surface area contributed by atoms with Crippen LogP contribution in [0, 0.1) is 0 Å². The molecular weight excluding hydrogens is 460 g/mol. The Hall–Kier alpha value is -4.05. The number of fused-ring (bicyclic) bond motifs is 1. The zero-order valence-corrected chi connectivity index (χ0v) is 19.0. The fourth-order valence-corrected chi connectivity index (χ4v) is 4.44. The quantitative estimate of drug-likeness (QED) is 0.516. The highest BCUT2D eigenvalue weighted by molar-refractivity contribution is 7.92. The average Bonchev–Trinajstić information content (AvgIpc) is 2.86. The van der Waals surface area contributed by atoms with Crippen molar-refractivity contribution >= 4 is 33.3 Å².